The van der Waals surface area contributed by atoms with Crippen LogP contribution in [0.4, 0.5) is 0 Å². The average molecular weight is 246 g/mol. The molecule has 2 aromatic heterocycles. The topological polar surface area (TPSA) is 92.5 Å². The molecule has 0 aliphatic rings. The average Bonchev–Trinajstić information content (AvgIpc) is 2.39. The van der Waals surface area contributed by atoms with Crippen molar-refractivity contribution in [3.63, 3.8) is 0 Å². The molecular weight excluding hydrogens is 236 g/mol. The van der Waals surface area contributed by atoms with E-state index in [-0.39, 0.29) is 22.9 Å². The van der Waals surface area contributed by atoms with E-state index in [9.17, 15) is 9.90 Å². The minimum atomic E-state index is -1.20. The predicted octanol–water partition coefficient (Wildman–Crippen LogP) is 1.56. The number of rotatable bonds is 3. The second kappa shape index (κ2) is 4.70. The van der Waals surface area contributed by atoms with Crippen LogP contribution in [-0.2, 0) is 0 Å². The van der Waals surface area contributed by atoms with E-state index in [1.807, 2.05) is 0 Å². The lowest BCUT2D eigenvalue weighted by molar-refractivity contribution is 0.0690. The first-order chi connectivity index (χ1) is 8.63. The maximum Gasteiger partial charge on any atom is 0.354 e. The predicted molar refractivity (Wildman–Crippen MR) is 62.6 cm³/mol. The summed E-state index contributed by atoms with van der Waals surface area (Å²) in [4.78, 5) is 18.8. The largest absolute Gasteiger partial charge is 0.503 e. The van der Waals surface area contributed by atoms with Gasteiger partial charge in [0.05, 0.1) is 12.8 Å². The third-order valence-corrected chi connectivity index (χ3v) is 2.30. The van der Waals surface area contributed by atoms with Gasteiger partial charge in [-0.2, -0.15) is 0 Å². The molecule has 0 radical (unpaired) electrons. The Bertz CT molecular complexity index is 584. The SMILES string of the molecule is COc1cc(C(=O)O)nc(-c2ccccn2)c1O. The van der Waals surface area contributed by atoms with Gasteiger partial charge in [0.2, 0.25) is 0 Å². The van der Waals surface area contributed by atoms with Gasteiger partial charge in [-0.25, -0.2) is 9.78 Å². The monoisotopic (exact) mass is 246 g/mol. The molecule has 6 heteroatoms. The smallest absolute Gasteiger partial charge is 0.354 e. The van der Waals surface area contributed by atoms with E-state index < -0.39 is 5.97 Å². The normalized spacial score (nSPS) is 10.1. The number of ether oxygens (including phenoxy) is 1. The fourth-order valence-electron chi connectivity index (χ4n) is 1.46. The highest BCUT2D eigenvalue weighted by Gasteiger charge is 2.17. The van der Waals surface area contributed by atoms with Crippen LogP contribution in [0.3, 0.4) is 0 Å². The summed E-state index contributed by atoms with van der Waals surface area (Å²) >= 11 is 0. The van der Waals surface area contributed by atoms with E-state index in [2.05, 4.69) is 9.97 Å². The quantitative estimate of drug-likeness (QED) is 0.853. The van der Waals surface area contributed by atoms with Gasteiger partial charge in [0, 0.05) is 12.3 Å². The number of aromatic hydroxyl groups is 1. The van der Waals surface area contributed by atoms with Crippen LogP contribution < -0.4 is 4.74 Å². The molecule has 6 nitrogen and oxygen atoms in total. The maximum atomic E-state index is 10.9. The van der Waals surface area contributed by atoms with Crippen molar-refractivity contribution in [1.82, 2.24) is 9.97 Å². The number of carbonyl (C=O) groups is 1. The lowest BCUT2D eigenvalue weighted by atomic mass is 10.2. The number of aromatic carboxylic acids is 1. The zero-order valence-corrected chi connectivity index (χ0v) is 9.49. The highest BCUT2D eigenvalue weighted by molar-refractivity contribution is 5.87. The van der Waals surface area contributed by atoms with Gasteiger partial charge in [-0.3, -0.25) is 4.98 Å². The van der Waals surface area contributed by atoms with Gasteiger partial charge in [0.15, 0.2) is 17.2 Å². The van der Waals surface area contributed by atoms with Crippen molar-refractivity contribution in [2.75, 3.05) is 7.11 Å². The molecule has 2 heterocycles. The molecule has 2 N–H and O–H groups in total. The molecule has 0 saturated carbocycles. The molecule has 0 aliphatic carbocycles. The van der Waals surface area contributed by atoms with Crippen molar-refractivity contribution < 1.29 is 19.7 Å². The summed E-state index contributed by atoms with van der Waals surface area (Å²) in [5, 5.41) is 18.9. The van der Waals surface area contributed by atoms with Crippen LogP contribution in [0.1, 0.15) is 10.5 Å². The highest BCUT2D eigenvalue weighted by Crippen LogP contribution is 2.35. The van der Waals surface area contributed by atoms with Crippen LogP contribution in [0.2, 0.25) is 0 Å². The number of aromatic nitrogens is 2. The van der Waals surface area contributed by atoms with Crippen LogP contribution in [0.5, 0.6) is 11.5 Å². The van der Waals surface area contributed by atoms with Crippen molar-refractivity contribution in [3.8, 4) is 22.9 Å². The van der Waals surface area contributed by atoms with Crippen LogP contribution in [-0.4, -0.2) is 33.3 Å². The molecule has 0 amide bonds. The van der Waals surface area contributed by atoms with Gasteiger partial charge in [-0.15, -0.1) is 0 Å². The van der Waals surface area contributed by atoms with E-state index in [0.717, 1.165) is 6.07 Å². The van der Waals surface area contributed by atoms with Crippen molar-refractivity contribution in [2.24, 2.45) is 0 Å². The Hall–Kier alpha value is -2.63. The highest BCUT2D eigenvalue weighted by atomic mass is 16.5. The Labute approximate surface area is 103 Å². The van der Waals surface area contributed by atoms with Crippen molar-refractivity contribution in [1.29, 1.82) is 0 Å². The maximum absolute atomic E-state index is 10.9. The molecule has 2 rings (SSSR count). The standard InChI is InChI=1S/C12H10N2O4/c1-18-9-6-8(12(16)17)14-10(11(9)15)7-4-2-3-5-13-7/h2-6,15H,1H3,(H,16,17). The molecule has 2 aromatic rings. The Morgan fingerprint density at radius 2 is 2.17 bits per heavy atom. The van der Waals surface area contributed by atoms with Gasteiger partial charge < -0.3 is 14.9 Å². The van der Waals surface area contributed by atoms with Gasteiger partial charge in [-0.05, 0) is 12.1 Å². The molecule has 0 saturated heterocycles. The zero-order valence-electron chi connectivity index (χ0n) is 9.49. The molecule has 18 heavy (non-hydrogen) atoms. The van der Waals surface area contributed by atoms with Crippen LogP contribution >= 0.6 is 0 Å². The molecular formula is C12H10N2O4. The first kappa shape index (κ1) is 11.8. The summed E-state index contributed by atoms with van der Waals surface area (Å²) in [6.45, 7) is 0. The van der Waals surface area contributed by atoms with Crippen LogP contribution in [0.15, 0.2) is 30.5 Å². The summed E-state index contributed by atoms with van der Waals surface area (Å²) in [5.41, 5.74) is 0.231. The number of carboxylic acids is 1. The Morgan fingerprint density at radius 1 is 1.39 bits per heavy atom. The molecule has 0 atom stereocenters. The lowest BCUT2D eigenvalue weighted by Crippen LogP contribution is -2.03. The van der Waals surface area contributed by atoms with Crippen molar-refractivity contribution >= 4 is 5.97 Å². The minimum Gasteiger partial charge on any atom is -0.503 e. The molecule has 0 fully saturated rings. The number of nitrogens with zero attached hydrogens (tertiary/aromatic N) is 2. The number of methoxy groups -OCH3 is 1. The van der Waals surface area contributed by atoms with Gasteiger partial charge in [-0.1, -0.05) is 6.07 Å². The lowest BCUT2D eigenvalue weighted by Gasteiger charge is -2.09. The molecule has 0 bridgehead atoms. The number of pyridine rings is 2. The van der Waals surface area contributed by atoms with Gasteiger partial charge in [0.25, 0.3) is 0 Å². The molecule has 0 unspecified atom stereocenters. The Balaban J connectivity index is 2.66. The number of hydrogen-bond acceptors (Lipinski definition) is 5. The summed E-state index contributed by atoms with van der Waals surface area (Å²) in [6.07, 6.45) is 1.52. The van der Waals surface area contributed by atoms with Crippen molar-refractivity contribution in [2.45, 2.75) is 0 Å². The molecule has 0 aliphatic heterocycles. The summed E-state index contributed by atoms with van der Waals surface area (Å²) in [5.74, 6) is -1.39. The number of carboxylic acid groups (broad SMARTS) is 1. The summed E-state index contributed by atoms with van der Waals surface area (Å²) < 4.78 is 4.92. The second-order valence-electron chi connectivity index (χ2n) is 3.43. The van der Waals surface area contributed by atoms with E-state index in [1.165, 1.54) is 13.3 Å². The Morgan fingerprint density at radius 3 is 2.72 bits per heavy atom. The van der Waals surface area contributed by atoms with Crippen molar-refractivity contribution in [3.05, 3.63) is 36.2 Å². The van der Waals surface area contributed by atoms with E-state index in [1.54, 1.807) is 18.2 Å². The Kier molecular flexibility index (Phi) is 3.09. The zero-order chi connectivity index (χ0) is 13.1. The minimum absolute atomic E-state index is 0.0445. The van der Waals surface area contributed by atoms with E-state index in [0.29, 0.717) is 5.69 Å². The first-order valence-corrected chi connectivity index (χ1v) is 5.06. The molecule has 0 aromatic carbocycles. The third kappa shape index (κ3) is 2.08. The van der Waals surface area contributed by atoms with E-state index >= 15 is 0 Å². The third-order valence-electron chi connectivity index (χ3n) is 2.30. The second-order valence-corrected chi connectivity index (χ2v) is 3.43. The summed E-state index contributed by atoms with van der Waals surface area (Å²) in [7, 11) is 1.34. The summed E-state index contributed by atoms with van der Waals surface area (Å²) in [6, 6.07) is 6.19. The fraction of sp³-hybridized carbons (Fsp3) is 0.0833. The van der Waals surface area contributed by atoms with Crippen LogP contribution in [0, 0.1) is 0 Å². The van der Waals surface area contributed by atoms with Gasteiger partial charge >= 0.3 is 5.97 Å². The molecule has 92 valence electrons. The number of hydrogen-bond donors (Lipinski definition) is 2. The fourth-order valence-corrected chi connectivity index (χ4v) is 1.46. The van der Waals surface area contributed by atoms with Crippen LogP contribution in [0.25, 0.3) is 11.4 Å². The van der Waals surface area contributed by atoms with E-state index in [4.69, 9.17) is 9.84 Å². The molecule has 0 spiro atoms. The van der Waals surface area contributed by atoms with Gasteiger partial charge in [0.1, 0.15) is 5.69 Å². The first-order valence-electron chi connectivity index (χ1n) is 5.06.